The first-order valence-corrected chi connectivity index (χ1v) is 12.2. The van der Waals surface area contributed by atoms with Gasteiger partial charge in [-0.2, -0.15) is 4.98 Å². The second-order valence-electron chi connectivity index (χ2n) is 10.3. The lowest BCUT2D eigenvalue weighted by molar-refractivity contribution is -0.127. The van der Waals surface area contributed by atoms with E-state index >= 15 is 0 Å². The van der Waals surface area contributed by atoms with E-state index in [2.05, 4.69) is 31.9 Å². The number of amides is 1. The highest BCUT2D eigenvalue weighted by atomic mass is 19.3. The second-order valence-corrected chi connectivity index (χ2v) is 10.3. The summed E-state index contributed by atoms with van der Waals surface area (Å²) >= 11 is 0. The molecule has 35 heavy (non-hydrogen) atoms. The summed E-state index contributed by atoms with van der Waals surface area (Å²) in [4.78, 5) is 23.9. The summed E-state index contributed by atoms with van der Waals surface area (Å²) in [7, 11) is 0. The third kappa shape index (κ3) is 4.63. The number of hydrogen-bond donors (Lipinski definition) is 3. The van der Waals surface area contributed by atoms with E-state index in [1.807, 2.05) is 32.9 Å². The fraction of sp³-hybridized carbons (Fsp3) is 0.560. The highest BCUT2D eigenvalue weighted by molar-refractivity contribution is 5.88. The fourth-order valence-electron chi connectivity index (χ4n) is 5.34. The molecule has 2 fully saturated rings. The molecule has 4 heterocycles. The number of anilines is 2. The van der Waals surface area contributed by atoms with Crippen molar-refractivity contribution in [2.75, 3.05) is 29.9 Å². The van der Waals surface area contributed by atoms with Gasteiger partial charge in [0.25, 0.3) is 6.43 Å². The Bertz CT molecular complexity index is 1170. The smallest absolute Gasteiger partial charge is 0.250 e. The minimum absolute atomic E-state index is 0.0357. The summed E-state index contributed by atoms with van der Waals surface area (Å²) < 4.78 is 30.8. The van der Waals surface area contributed by atoms with Gasteiger partial charge in [0.2, 0.25) is 11.9 Å². The highest BCUT2D eigenvalue weighted by Crippen LogP contribution is 2.42. The van der Waals surface area contributed by atoms with E-state index < -0.39 is 11.8 Å². The van der Waals surface area contributed by atoms with Gasteiger partial charge in [0.1, 0.15) is 5.52 Å². The number of alkyl halides is 2. The van der Waals surface area contributed by atoms with Gasteiger partial charge in [-0.1, -0.05) is 19.9 Å². The molecule has 0 spiro atoms. The van der Waals surface area contributed by atoms with E-state index in [1.165, 1.54) is 0 Å². The van der Waals surface area contributed by atoms with Crippen molar-refractivity contribution in [2.45, 2.75) is 52.5 Å². The molecular weight excluding hydrogens is 454 g/mol. The van der Waals surface area contributed by atoms with Crippen molar-refractivity contribution in [3.63, 3.8) is 0 Å². The van der Waals surface area contributed by atoms with Crippen LogP contribution >= 0.6 is 0 Å². The van der Waals surface area contributed by atoms with Gasteiger partial charge in [-0.15, -0.1) is 0 Å². The number of aromatic nitrogens is 2. The lowest BCUT2D eigenvalue weighted by atomic mass is 9.76. The van der Waals surface area contributed by atoms with Crippen molar-refractivity contribution >= 4 is 28.8 Å². The SMILES string of the molecule is CC(NCC(F)F)C1CCN(c2nc(NC3=CCC4C(=C3)NC(=O)C4(C)C)nc3ccoc23)CC1. The highest BCUT2D eigenvalue weighted by Gasteiger charge is 2.46. The average Bonchev–Trinajstić information content (AvgIpc) is 3.38. The van der Waals surface area contributed by atoms with Gasteiger partial charge in [-0.25, -0.2) is 13.8 Å². The largest absolute Gasteiger partial charge is 0.459 e. The van der Waals surface area contributed by atoms with Crippen LogP contribution in [0.1, 0.15) is 40.0 Å². The average molecular weight is 487 g/mol. The maximum Gasteiger partial charge on any atom is 0.250 e. The Morgan fingerprint density at radius 2 is 2.06 bits per heavy atom. The van der Waals surface area contributed by atoms with Gasteiger partial charge in [0.05, 0.1) is 18.2 Å². The molecule has 3 aliphatic rings. The van der Waals surface area contributed by atoms with E-state index in [1.54, 1.807) is 6.26 Å². The van der Waals surface area contributed by atoms with Crippen LogP contribution in [0, 0.1) is 17.3 Å². The molecule has 2 aliphatic heterocycles. The number of carbonyl (C=O) groups is 1. The Hall–Kier alpha value is -3.01. The van der Waals surface area contributed by atoms with Crippen molar-refractivity contribution < 1.29 is 18.0 Å². The molecule has 2 aromatic rings. The van der Waals surface area contributed by atoms with Crippen LogP contribution in [0.5, 0.6) is 0 Å². The van der Waals surface area contributed by atoms with E-state index in [0.717, 1.165) is 49.6 Å². The third-order valence-electron chi connectivity index (χ3n) is 7.66. The maximum atomic E-state index is 12.6. The molecule has 1 amide bonds. The van der Waals surface area contributed by atoms with Crippen LogP contribution in [-0.4, -0.2) is 48.0 Å². The first kappa shape index (κ1) is 23.7. The number of hydrogen-bond acceptors (Lipinski definition) is 7. The number of furan rings is 1. The molecule has 1 aliphatic carbocycles. The van der Waals surface area contributed by atoms with Crippen molar-refractivity contribution in [3.05, 3.63) is 35.9 Å². The lowest BCUT2D eigenvalue weighted by Crippen LogP contribution is -2.43. The predicted molar refractivity (Wildman–Crippen MR) is 130 cm³/mol. The monoisotopic (exact) mass is 486 g/mol. The summed E-state index contributed by atoms with van der Waals surface area (Å²) in [6.07, 6.45) is 5.82. The topological polar surface area (TPSA) is 95.3 Å². The summed E-state index contributed by atoms with van der Waals surface area (Å²) in [6, 6.07) is 1.85. The third-order valence-corrected chi connectivity index (χ3v) is 7.66. The number of carbonyl (C=O) groups excluding carboxylic acids is 1. The summed E-state index contributed by atoms with van der Waals surface area (Å²) in [6.45, 7) is 7.16. The van der Waals surface area contributed by atoms with Crippen LogP contribution < -0.4 is 20.9 Å². The quantitative estimate of drug-likeness (QED) is 0.544. The van der Waals surface area contributed by atoms with E-state index in [0.29, 0.717) is 23.0 Å². The Labute approximate surface area is 203 Å². The van der Waals surface area contributed by atoms with Gasteiger partial charge in [0.15, 0.2) is 11.4 Å². The van der Waals surface area contributed by atoms with Crippen molar-refractivity contribution in [3.8, 4) is 0 Å². The minimum Gasteiger partial charge on any atom is -0.459 e. The van der Waals surface area contributed by atoms with Gasteiger partial charge in [0, 0.05) is 42.5 Å². The molecule has 10 heteroatoms. The molecule has 2 saturated heterocycles. The fourth-order valence-corrected chi connectivity index (χ4v) is 5.34. The molecular formula is C25H32F2N6O2. The number of nitrogens with one attached hydrogen (secondary N) is 3. The standard InChI is InChI=1S/C25H32F2N6O2/c1-14(28-13-20(26)27)15-6-9-33(10-7-15)22-21-18(8-11-35-21)31-24(32-22)29-16-4-5-17-19(12-16)30-23(34)25(17,2)3/h4,8,11-12,14-15,17,20,28H,5-7,9-10,13H2,1-3H3,(H,30,34)(H,29,31,32). The van der Waals surface area contributed by atoms with Crippen LogP contribution in [0.2, 0.25) is 0 Å². The lowest BCUT2D eigenvalue weighted by Gasteiger charge is -2.35. The zero-order valence-electron chi connectivity index (χ0n) is 20.3. The molecule has 2 unspecified atom stereocenters. The molecule has 3 N–H and O–H groups in total. The Morgan fingerprint density at radius 1 is 1.29 bits per heavy atom. The molecule has 0 saturated carbocycles. The van der Waals surface area contributed by atoms with Gasteiger partial charge in [-0.05, 0) is 38.2 Å². The predicted octanol–water partition coefficient (Wildman–Crippen LogP) is 4.04. The zero-order chi connectivity index (χ0) is 24.7. The minimum atomic E-state index is -2.34. The number of piperidine rings is 1. The number of nitrogens with zero attached hydrogens (tertiary/aromatic N) is 3. The van der Waals surface area contributed by atoms with Gasteiger partial charge in [-0.3, -0.25) is 4.79 Å². The Kier molecular flexibility index (Phi) is 6.25. The van der Waals surface area contributed by atoms with Crippen LogP contribution in [0.3, 0.4) is 0 Å². The Balaban J connectivity index is 1.30. The van der Waals surface area contributed by atoms with Crippen LogP contribution in [0.4, 0.5) is 20.5 Å². The molecule has 0 bridgehead atoms. The second kappa shape index (κ2) is 9.22. The summed E-state index contributed by atoms with van der Waals surface area (Å²) in [5.74, 6) is 1.71. The number of fused-ring (bicyclic) bond motifs is 2. The van der Waals surface area contributed by atoms with E-state index in [9.17, 15) is 13.6 Å². The van der Waals surface area contributed by atoms with E-state index in [4.69, 9.17) is 9.40 Å². The molecule has 2 aromatic heterocycles. The zero-order valence-corrected chi connectivity index (χ0v) is 20.3. The van der Waals surface area contributed by atoms with Crippen LogP contribution in [0.25, 0.3) is 11.1 Å². The van der Waals surface area contributed by atoms with Crippen molar-refractivity contribution in [2.24, 2.45) is 17.3 Å². The molecule has 188 valence electrons. The van der Waals surface area contributed by atoms with Gasteiger partial charge < -0.3 is 25.3 Å². The van der Waals surface area contributed by atoms with E-state index in [-0.39, 0.29) is 24.4 Å². The Morgan fingerprint density at radius 3 is 2.80 bits per heavy atom. The summed E-state index contributed by atoms with van der Waals surface area (Å²) in [5.41, 5.74) is 2.70. The molecule has 8 nitrogen and oxygen atoms in total. The molecule has 0 aromatic carbocycles. The number of halogens is 2. The maximum absolute atomic E-state index is 12.6. The number of rotatable bonds is 7. The van der Waals surface area contributed by atoms with Crippen LogP contribution in [0.15, 0.2) is 40.3 Å². The molecule has 2 atom stereocenters. The van der Waals surface area contributed by atoms with Crippen molar-refractivity contribution in [1.29, 1.82) is 0 Å². The van der Waals surface area contributed by atoms with Crippen LogP contribution in [-0.2, 0) is 4.79 Å². The molecule has 0 radical (unpaired) electrons. The number of allylic oxidation sites excluding steroid dienone is 3. The first-order valence-electron chi connectivity index (χ1n) is 12.2. The van der Waals surface area contributed by atoms with Crippen molar-refractivity contribution in [1.82, 2.24) is 20.6 Å². The normalized spacial score (nSPS) is 23.2. The summed E-state index contributed by atoms with van der Waals surface area (Å²) in [5, 5.41) is 9.27. The first-order chi connectivity index (χ1) is 16.7. The molecule has 5 rings (SSSR count). The van der Waals surface area contributed by atoms with Gasteiger partial charge >= 0.3 is 0 Å².